The number of hydrogen-bond donors (Lipinski definition) is 2. The van der Waals surface area contributed by atoms with Gasteiger partial charge in [0, 0.05) is 35.8 Å². The Hall–Kier alpha value is -1.81. The number of aliphatic imine (C=N–C) groups is 1. The van der Waals surface area contributed by atoms with Crippen molar-refractivity contribution in [3.63, 3.8) is 0 Å². The highest BCUT2D eigenvalue weighted by Gasteiger charge is 2.15. The predicted molar refractivity (Wildman–Crippen MR) is 136 cm³/mol. The number of benzene rings is 2. The summed E-state index contributed by atoms with van der Waals surface area (Å²) in [4.78, 5) is 5.58. The Bertz CT molecular complexity index is 791. The number of thioether (sulfide) groups is 1. The minimum Gasteiger partial charge on any atom is -0.493 e. The molecule has 0 fully saturated rings. The zero-order valence-electron chi connectivity index (χ0n) is 18.2. The van der Waals surface area contributed by atoms with Gasteiger partial charge in [0.25, 0.3) is 0 Å². The van der Waals surface area contributed by atoms with Crippen molar-refractivity contribution in [2.24, 2.45) is 4.99 Å². The van der Waals surface area contributed by atoms with Crippen LogP contribution < -0.4 is 24.8 Å². The van der Waals surface area contributed by atoms with E-state index in [0.717, 1.165) is 24.5 Å². The molecule has 0 radical (unpaired) electrons. The van der Waals surface area contributed by atoms with Gasteiger partial charge in [-0.15, -0.1) is 35.7 Å². The number of rotatable bonds is 10. The predicted octanol–water partition coefficient (Wildman–Crippen LogP) is 4.22. The second-order valence-electron chi connectivity index (χ2n) is 6.36. The molecule has 166 valence electrons. The van der Waals surface area contributed by atoms with Crippen molar-refractivity contribution < 1.29 is 14.2 Å². The van der Waals surface area contributed by atoms with Crippen LogP contribution in [-0.4, -0.2) is 52.7 Å². The third-order valence-corrected chi connectivity index (χ3v) is 5.45. The Kier molecular flexibility index (Phi) is 12.4. The summed E-state index contributed by atoms with van der Waals surface area (Å²) in [5.74, 6) is 2.75. The molecule has 0 aromatic heterocycles. The molecule has 0 aliphatic heterocycles. The van der Waals surface area contributed by atoms with Crippen LogP contribution in [-0.2, 0) is 6.42 Å². The van der Waals surface area contributed by atoms with Crippen LogP contribution >= 0.6 is 35.7 Å². The van der Waals surface area contributed by atoms with Crippen LogP contribution in [0.15, 0.2) is 52.4 Å². The lowest BCUT2D eigenvalue weighted by Crippen LogP contribution is -2.40. The monoisotopic (exact) mass is 545 g/mol. The molecule has 8 heteroatoms. The Balaban J connectivity index is 0.00000450. The van der Waals surface area contributed by atoms with Gasteiger partial charge in [-0.25, -0.2) is 0 Å². The maximum Gasteiger partial charge on any atom is 0.203 e. The van der Waals surface area contributed by atoms with Gasteiger partial charge in [0.2, 0.25) is 5.75 Å². The number of guanidine groups is 1. The molecule has 0 spiro atoms. The summed E-state index contributed by atoms with van der Waals surface area (Å²) in [5.41, 5.74) is 1.04. The average Bonchev–Trinajstić information content (AvgIpc) is 2.76. The Morgan fingerprint density at radius 2 is 1.67 bits per heavy atom. The van der Waals surface area contributed by atoms with Crippen LogP contribution in [0.4, 0.5) is 0 Å². The Morgan fingerprint density at radius 1 is 0.967 bits per heavy atom. The molecule has 30 heavy (non-hydrogen) atoms. The second kappa shape index (κ2) is 14.2. The molecule has 1 atom stereocenters. The van der Waals surface area contributed by atoms with E-state index in [1.54, 1.807) is 28.4 Å². The lowest BCUT2D eigenvalue weighted by atomic mass is 10.1. The van der Waals surface area contributed by atoms with Gasteiger partial charge in [0.1, 0.15) is 0 Å². The van der Waals surface area contributed by atoms with Crippen LogP contribution in [0, 0.1) is 0 Å². The zero-order chi connectivity index (χ0) is 21.1. The molecule has 0 aliphatic rings. The van der Waals surface area contributed by atoms with E-state index in [9.17, 15) is 0 Å². The highest BCUT2D eigenvalue weighted by atomic mass is 127. The van der Waals surface area contributed by atoms with Crippen LogP contribution in [0.1, 0.15) is 12.5 Å². The lowest BCUT2D eigenvalue weighted by molar-refractivity contribution is 0.322. The largest absolute Gasteiger partial charge is 0.493 e. The van der Waals surface area contributed by atoms with Crippen molar-refractivity contribution in [3.05, 3.63) is 48.0 Å². The van der Waals surface area contributed by atoms with Gasteiger partial charge in [-0.1, -0.05) is 31.2 Å². The van der Waals surface area contributed by atoms with Crippen molar-refractivity contribution in [2.75, 3.05) is 41.5 Å². The van der Waals surface area contributed by atoms with Crippen LogP contribution in [0.3, 0.4) is 0 Å². The molecular weight excluding hydrogens is 513 g/mol. The number of nitrogens with zero attached hydrogens (tertiary/aromatic N) is 1. The maximum absolute atomic E-state index is 5.55. The summed E-state index contributed by atoms with van der Waals surface area (Å²) in [6.45, 7) is 3.73. The molecule has 0 bridgehead atoms. The van der Waals surface area contributed by atoms with Crippen molar-refractivity contribution in [3.8, 4) is 17.2 Å². The molecule has 2 rings (SSSR count). The van der Waals surface area contributed by atoms with E-state index in [4.69, 9.17) is 14.2 Å². The quantitative estimate of drug-likeness (QED) is 0.202. The first-order valence-electron chi connectivity index (χ1n) is 9.57. The van der Waals surface area contributed by atoms with Crippen molar-refractivity contribution in [1.29, 1.82) is 0 Å². The van der Waals surface area contributed by atoms with Crippen LogP contribution in [0.2, 0.25) is 0 Å². The first-order chi connectivity index (χ1) is 14.1. The van der Waals surface area contributed by atoms with Gasteiger partial charge in [0.15, 0.2) is 17.5 Å². The molecule has 2 N–H and O–H groups in total. The summed E-state index contributed by atoms with van der Waals surface area (Å²) >= 11 is 1.84. The zero-order valence-corrected chi connectivity index (χ0v) is 21.4. The van der Waals surface area contributed by atoms with E-state index >= 15 is 0 Å². The summed E-state index contributed by atoms with van der Waals surface area (Å²) in [6.07, 6.45) is 0.762. The Labute approximate surface area is 201 Å². The molecule has 2 aromatic rings. The van der Waals surface area contributed by atoms with Gasteiger partial charge in [-0.05, 0) is 24.6 Å². The van der Waals surface area contributed by atoms with E-state index in [-0.39, 0.29) is 24.0 Å². The summed E-state index contributed by atoms with van der Waals surface area (Å²) in [6, 6.07) is 14.3. The highest BCUT2D eigenvalue weighted by molar-refractivity contribution is 14.0. The smallest absolute Gasteiger partial charge is 0.203 e. The fourth-order valence-electron chi connectivity index (χ4n) is 2.91. The number of halogens is 1. The minimum atomic E-state index is 0. The van der Waals surface area contributed by atoms with E-state index < -0.39 is 0 Å². The lowest BCUT2D eigenvalue weighted by Gasteiger charge is -2.17. The van der Waals surface area contributed by atoms with Gasteiger partial charge >= 0.3 is 0 Å². The molecule has 6 nitrogen and oxygen atoms in total. The van der Waals surface area contributed by atoms with E-state index in [1.165, 1.54) is 4.90 Å². The summed E-state index contributed by atoms with van der Waals surface area (Å²) in [5, 5.41) is 7.16. The molecule has 0 amide bonds. The van der Waals surface area contributed by atoms with Gasteiger partial charge < -0.3 is 24.8 Å². The maximum atomic E-state index is 5.55. The van der Waals surface area contributed by atoms with Gasteiger partial charge in [0.05, 0.1) is 21.3 Å². The Morgan fingerprint density at radius 3 is 2.27 bits per heavy atom. The van der Waals surface area contributed by atoms with Crippen molar-refractivity contribution in [1.82, 2.24) is 10.6 Å². The van der Waals surface area contributed by atoms with Crippen LogP contribution in [0.25, 0.3) is 0 Å². The highest BCUT2D eigenvalue weighted by Crippen LogP contribution is 2.39. The number of ether oxygens (including phenoxy) is 3. The average molecular weight is 545 g/mol. The SMILES string of the molecule is CN=C(NCCc1ccc(OC)c(OC)c1OC)NCC(C)Sc1ccccc1.I. The number of methoxy groups -OCH3 is 3. The van der Waals surface area contributed by atoms with E-state index in [0.29, 0.717) is 29.0 Å². The fraction of sp³-hybridized carbons (Fsp3) is 0.409. The van der Waals surface area contributed by atoms with Crippen molar-refractivity contribution in [2.45, 2.75) is 23.5 Å². The topological polar surface area (TPSA) is 64.1 Å². The normalized spacial score (nSPS) is 11.8. The first kappa shape index (κ1) is 26.2. The van der Waals surface area contributed by atoms with E-state index in [2.05, 4.69) is 46.8 Å². The number of nitrogens with one attached hydrogen (secondary N) is 2. The molecule has 1 unspecified atom stereocenters. The molecular formula is C22H32IN3O3S. The van der Waals surface area contributed by atoms with Crippen molar-refractivity contribution >= 4 is 41.7 Å². The fourth-order valence-corrected chi connectivity index (χ4v) is 3.86. The summed E-state index contributed by atoms with van der Waals surface area (Å²) in [7, 11) is 6.65. The third kappa shape index (κ3) is 7.79. The molecule has 0 saturated carbocycles. The molecule has 0 saturated heterocycles. The second-order valence-corrected chi connectivity index (χ2v) is 7.88. The first-order valence-corrected chi connectivity index (χ1v) is 10.4. The minimum absolute atomic E-state index is 0. The standard InChI is InChI=1S/C22H31N3O3S.HI/c1-16(29-18-9-7-6-8-10-18)15-25-22(23-2)24-14-13-17-11-12-19(26-3)21(28-5)20(17)27-4;/h6-12,16H,13-15H2,1-5H3,(H2,23,24,25);1H. The molecule has 0 aliphatic carbocycles. The molecule has 0 heterocycles. The molecule has 2 aromatic carbocycles. The van der Waals surface area contributed by atoms with E-state index in [1.807, 2.05) is 30.0 Å². The van der Waals surface area contributed by atoms with Gasteiger partial charge in [-0.3, -0.25) is 4.99 Å². The van der Waals surface area contributed by atoms with Crippen LogP contribution in [0.5, 0.6) is 17.2 Å². The number of hydrogen-bond acceptors (Lipinski definition) is 5. The summed E-state index contributed by atoms with van der Waals surface area (Å²) < 4.78 is 16.3. The van der Waals surface area contributed by atoms with Gasteiger partial charge in [-0.2, -0.15) is 0 Å². The third-order valence-electron chi connectivity index (χ3n) is 4.33.